The minimum absolute atomic E-state index is 0.0581. The molecule has 0 aromatic rings. The SMILES string of the molecule is CCCC(CCNCC(=O)O)NC. The van der Waals surface area contributed by atoms with Crippen molar-refractivity contribution in [3.05, 3.63) is 0 Å². The third-order valence-electron chi connectivity index (χ3n) is 1.99. The molecular weight excluding hydrogens is 168 g/mol. The third-order valence-corrected chi connectivity index (χ3v) is 1.99. The van der Waals surface area contributed by atoms with Crippen molar-refractivity contribution in [2.24, 2.45) is 0 Å². The van der Waals surface area contributed by atoms with Crippen LogP contribution in [-0.2, 0) is 4.79 Å². The van der Waals surface area contributed by atoms with Gasteiger partial charge in [0.25, 0.3) is 0 Å². The lowest BCUT2D eigenvalue weighted by Crippen LogP contribution is -2.31. The summed E-state index contributed by atoms with van der Waals surface area (Å²) < 4.78 is 0. The molecule has 0 heterocycles. The summed E-state index contributed by atoms with van der Waals surface area (Å²) in [5.41, 5.74) is 0. The molecule has 0 aliphatic carbocycles. The van der Waals surface area contributed by atoms with Gasteiger partial charge in [0.15, 0.2) is 0 Å². The van der Waals surface area contributed by atoms with Gasteiger partial charge in [-0.2, -0.15) is 0 Å². The first-order chi connectivity index (χ1) is 6.20. The molecular formula is C9H20N2O2. The maximum Gasteiger partial charge on any atom is 0.317 e. The molecule has 0 radical (unpaired) electrons. The second kappa shape index (κ2) is 8.01. The van der Waals surface area contributed by atoms with E-state index in [-0.39, 0.29) is 6.54 Å². The molecule has 4 heteroatoms. The summed E-state index contributed by atoms with van der Waals surface area (Å²) in [7, 11) is 1.94. The fourth-order valence-corrected chi connectivity index (χ4v) is 1.25. The number of aliphatic carboxylic acids is 1. The van der Waals surface area contributed by atoms with Crippen molar-refractivity contribution in [1.29, 1.82) is 0 Å². The van der Waals surface area contributed by atoms with Crippen LogP contribution in [0.15, 0.2) is 0 Å². The van der Waals surface area contributed by atoms with E-state index in [4.69, 9.17) is 5.11 Å². The second-order valence-electron chi connectivity index (χ2n) is 3.13. The molecule has 0 saturated carbocycles. The molecule has 0 fully saturated rings. The standard InChI is InChI=1S/C9H20N2O2/c1-3-4-8(10-2)5-6-11-7-9(12)13/h8,10-11H,3-7H2,1-2H3,(H,12,13). The van der Waals surface area contributed by atoms with E-state index >= 15 is 0 Å². The number of hydrogen-bond acceptors (Lipinski definition) is 3. The van der Waals surface area contributed by atoms with Crippen molar-refractivity contribution in [2.45, 2.75) is 32.2 Å². The Morgan fingerprint density at radius 2 is 2.15 bits per heavy atom. The minimum Gasteiger partial charge on any atom is -0.480 e. The highest BCUT2D eigenvalue weighted by Crippen LogP contribution is 1.99. The van der Waals surface area contributed by atoms with E-state index in [0.29, 0.717) is 6.04 Å². The molecule has 0 aromatic carbocycles. The molecule has 0 aliphatic heterocycles. The maximum absolute atomic E-state index is 10.2. The molecule has 78 valence electrons. The van der Waals surface area contributed by atoms with Gasteiger partial charge in [-0.3, -0.25) is 4.79 Å². The molecule has 3 N–H and O–H groups in total. The van der Waals surface area contributed by atoms with E-state index in [1.165, 1.54) is 0 Å². The van der Waals surface area contributed by atoms with Crippen LogP contribution >= 0.6 is 0 Å². The molecule has 0 spiro atoms. The largest absolute Gasteiger partial charge is 0.480 e. The second-order valence-corrected chi connectivity index (χ2v) is 3.13. The van der Waals surface area contributed by atoms with Gasteiger partial charge in [-0.25, -0.2) is 0 Å². The average molecular weight is 188 g/mol. The van der Waals surface area contributed by atoms with Gasteiger partial charge in [-0.15, -0.1) is 0 Å². The lowest BCUT2D eigenvalue weighted by Gasteiger charge is -2.14. The molecule has 0 amide bonds. The molecule has 0 aromatic heterocycles. The van der Waals surface area contributed by atoms with Gasteiger partial charge in [-0.05, 0) is 26.4 Å². The molecule has 1 atom stereocenters. The summed E-state index contributed by atoms with van der Waals surface area (Å²) in [5, 5.41) is 14.4. The minimum atomic E-state index is -0.795. The number of carboxylic acids is 1. The van der Waals surface area contributed by atoms with Crippen LogP contribution in [0.3, 0.4) is 0 Å². The zero-order valence-corrected chi connectivity index (χ0v) is 8.47. The monoisotopic (exact) mass is 188 g/mol. The van der Waals surface area contributed by atoms with Gasteiger partial charge in [0.2, 0.25) is 0 Å². The van der Waals surface area contributed by atoms with E-state index in [2.05, 4.69) is 17.6 Å². The normalized spacial score (nSPS) is 12.8. The van der Waals surface area contributed by atoms with Crippen LogP contribution in [-0.4, -0.2) is 37.3 Å². The van der Waals surface area contributed by atoms with Gasteiger partial charge in [-0.1, -0.05) is 13.3 Å². The zero-order valence-electron chi connectivity index (χ0n) is 8.47. The Kier molecular flexibility index (Phi) is 7.63. The average Bonchev–Trinajstić information content (AvgIpc) is 2.10. The summed E-state index contributed by atoms with van der Waals surface area (Å²) in [6.07, 6.45) is 3.29. The Balaban J connectivity index is 3.32. The lowest BCUT2D eigenvalue weighted by molar-refractivity contribution is -0.135. The molecule has 0 aliphatic rings. The fraction of sp³-hybridized carbons (Fsp3) is 0.889. The van der Waals surface area contributed by atoms with Gasteiger partial charge < -0.3 is 15.7 Å². The summed E-state index contributed by atoms with van der Waals surface area (Å²) in [5.74, 6) is -0.795. The summed E-state index contributed by atoms with van der Waals surface area (Å²) >= 11 is 0. The number of carboxylic acid groups (broad SMARTS) is 1. The maximum atomic E-state index is 10.2. The van der Waals surface area contributed by atoms with E-state index in [0.717, 1.165) is 25.8 Å². The molecule has 4 nitrogen and oxygen atoms in total. The van der Waals surface area contributed by atoms with Crippen molar-refractivity contribution < 1.29 is 9.90 Å². The van der Waals surface area contributed by atoms with Crippen LogP contribution in [0.25, 0.3) is 0 Å². The first-order valence-electron chi connectivity index (χ1n) is 4.80. The quantitative estimate of drug-likeness (QED) is 0.484. The molecule has 0 saturated heterocycles. The van der Waals surface area contributed by atoms with Gasteiger partial charge in [0.1, 0.15) is 0 Å². The van der Waals surface area contributed by atoms with Crippen molar-refractivity contribution in [3.8, 4) is 0 Å². The van der Waals surface area contributed by atoms with E-state index in [9.17, 15) is 4.79 Å². The van der Waals surface area contributed by atoms with Crippen LogP contribution in [0.5, 0.6) is 0 Å². The summed E-state index contributed by atoms with van der Waals surface area (Å²) in [4.78, 5) is 10.2. The van der Waals surface area contributed by atoms with Crippen molar-refractivity contribution in [1.82, 2.24) is 10.6 Å². The zero-order chi connectivity index (χ0) is 10.1. The molecule has 13 heavy (non-hydrogen) atoms. The van der Waals surface area contributed by atoms with Gasteiger partial charge in [0.05, 0.1) is 6.54 Å². The Labute approximate surface area is 79.7 Å². The van der Waals surface area contributed by atoms with Crippen LogP contribution < -0.4 is 10.6 Å². The van der Waals surface area contributed by atoms with E-state index in [1.54, 1.807) is 0 Å². The van der Waals surface area contributed by atoms with Gasteiger partial charge >= 0.3 is 5.97 Å². The number of hydrogen-bond donors (Lipinski definition) is 3. The summed E-state index contributed by atoms with van der Waals surface area (Å²) in [6, 6.07) is 0.506. The summed E-state index contributed by atoms with van der Waals surface area (Å²) in [6.45, 7) is 2.97. The lowest BCUT2D eigenvalue weighted by atomic mass is 10.1. The Hall–Kier alpha value is -0.610. The Morgan fingerprint density at radius 1 is 1.46 bits per heavy atom. The highest BCUT2D eigenvalue weighted by atomic mass is 16.4. The van der Waals surface area contributed by atoms with Crippen LogP contribution in [0.2, 0.25) is 0 Å². The molecule has 1 unspecified atom stereocenters. The van der Waals surface area contributed by atoms with Crippen molar-refractivity contribution in [2.75, 3.05) is 20.1 Å². The Bertz CT molecular complexity index is 140. The van der Waals surface area contributed by atoms with Crippen molar-refractivity contribution >= 4 is 5.97 Å². The topological polar surface area (TPSA) is 61.4 Å². The van der Waals surface area contributed by atoms with Crippen molar-refractivity contribution in [3.63, 3.8) is 0 Å². The predicted molar refractivity (Wildman–Crippen MR) is 52.9 cm³/mol. The van der Waals surface area contributed by atoms with Crippen LogP contribution in [0.1, 0.15) is 26.2 Å². The fourth-order valence-electron chi connectivity index (χ4n) is 1.25. The molecule has 0 bridgehead atoms. The Morgan fingerprint density at radius 3 is 2.62 bits per heavy atom. The number of nitrogens with one attached hydrogen (secondary N) is 2. The highest BCUT2D eigenvalue weighted by molar-refractivity contribution is 5.68. The number of rotatable bonds is 8. The molecule has 0 rings (SSSR count). The van der Waals surface area contributed by atoms with Gasteiger partial charge in [0, 0.05) is 6.04 Å². The first-order valence-corrected chi connectivity index (χ1v) is 4.80. The number of carbonyl (C=O) groups is 1. The first kappa shape index (κ1) is 12.4. The van der Waals surface area contributed by atoms with Crippen LogP contribution in [0, 0.1) is 0 Å². The van der Waals surface area contributed by atoms with Crippen LogP contribution in [0.4, 0.5) is 0 Å². The van der Waals surface area contributed by atoms with E-state index in [1.807, 2.05) is 7.05 Å². The smallest absolute Gasteiger partial charge is 0.317 e. The predicted octanol–water partition coefficient (Wildman–Crippen LogP) is 0.439. The third kappa shape index (κ3) is 7.74. The highest BCUT2D eigenvalue weighted by Gasteiger charge is 2.03. The van der Waals surface area contributed by atoms with E-state index < -0.39 is 5.97 Å².